The molecule has 2 aromatic heterocycles. The lowest BCUT2D eigenvalue weighted by Crippen LogP contribution is -2.46. The fourth-order valence-electron chi connectivity index (χ4n) is 3.42. The molecule has 6 nitrogen and oxygen atoms in total. The zero-order chi connectivity index (χ0) is 20.4. The first-order chi connectivity index (χ1) is 13.9. The van der Waals surface area contributed by atoms with Gasteiger partial charge in [-0.15, -0.1) is 0 Å². The van der Waals surface area contributed by atoms with E-state index in [0.717, 1.165) is 43.8 Å². The summed E-state index contributed by atoms with van der Waals surface area (Å²) < 4.78 is 40.4. The predicted octanol–water partition coefficient (Wildman–Crippen LogP) is 3.31. The third-order valence-electron chi connectivity index (χ3n) is 4.95. The lowest BCUT2D eigenvalue weighted by atomic mass is 10.1. The van der Waals surface area contributed by atoms with E-state index in [4.69, 9.17) is 0 Å². The molecule has 0 aliphatic carbocycles. The molecule has 1 saturated heterocycles. The number of rotatable bonds is 4. The van der Waals surface area contributed by atoms with E-state index < -0.39 is 11.7 Å². The van der Waals surface area contributed by atoms with Crippen LogP contribution < -0.4 is 4.90 Å². The van der Waals surface area contributed by atoms with E-state index in [2.05, 4.69) is 24.9 Å². The second kappa shape index (κ2) is 7.82. The highest BCUT2D eigenvalue weighted by Gasteiger charge is 2.30. The van der Waals surface area contributed by atoms with Crippen molar-refractivity contribution in [3.8, 4) is 5.82 Å². The molecule has 9 heteroatoms. The summed E-state index contributed by atoms with van der Waals surface area (Å²) in [5.41, 5.74) is 0.982. The predicted molar refractivity (Wildman–Crippen MR) is 103 cm³/mol. The number of hydrogen-bond donors (Lipinski definition) is 0. The van der Waals surface area contributed by atoms with Crippen molar-refractivity contribution in [2.75, 3.05) is 31.1 Å². The van der Waals surface area contributed by atoms with Crippen LogP contribution in [0.15, 0.2) is 48.9 Å². The number of anilines is 1. The highest BCUT2D eigenvalue weighted by atomic mass is 19.4. The summed E-state index contributed by atoms with van der Waals surface area (Å²) in [6, 6.07) is 9.35. The number of alkyl halides is 3. The largest absolute Gasteiger partial charge is 0.416 e. The molecule has 1 aliphatic rings. The van der Waals surface area contributed by atoms with Crippen LogP contribution in [0.5, 0.6) is 0 Å². The van der Waals surface area contributed by atoms with Gasteiger partial charge in [0.2, 0.25) is 0 Å². The second-order valence-corrected chi connectivity index (χ2v) is 7.10. The Hall–Kier alpha value is -2.94. The van der Waals surface area contributed by atoms with Crippen LogP contribution in [0.1, 0.15) is 16.8 Å². The first-order valence-corrected chi connectivity index (χ1v) is 9.36. The fourth-order valence-corrected chi connectivity index (χ4v) is 3.42. The van der Waals surface area contributed by atoms with Gasteiger partial charge in [-0.25, -0.2) is 14.6 Å². The first kappa shape index (κ1) is 19.4. The van der Waals surface area contributed by atoms with Crippen molar-refractivity contribution >= 4 is 5.82 Å². The summed E-state index contributed by atoms with van der Waals surface area (Å²) in [6.07, 6.45) is -0.933. The summed E-state index contributed by atoms with van der Waals surface area (Å²) in [7, 11) is 0. The molecular formula is C20H21F3N6. The van der Waals surface area contributed by atoms with Crippen LogP contribution in [0.2, 0.25) is 0 Å². The lowest BCUT2D eigenvalue weighted by Gasteiger charge is -2.35. The Morgan fingerprint density at radius 1 is 0.966 bits per heavy atom. The zero-order valence-corrected chi connectivity index (χ0v) is 16.0. The number of piperazine rings is 1. The number of nitrogens with zero attached hydrogens (tertiary/aromatic N) is 6. The summed E-state index contributed by atoms with van der Waals surface area (Å²) in [5.74, 6) is 1.52. The average molecular weight is 402 g/mol. The van der Waals surface area contributed by atoms with Gasteiger partial charge in [0.1, 0.15) is 12.1 Å². The standard InChI is InChI=1S/C20H21F3N6/c1-15-5-6-29(26-15)19-12-18(24-14-25-19)28-9-7-27(8-10-28)13-16-3-2-4-17(11-16)20(21,22)23/h2-6,11-12,14H,7-10,13H2,1H3. The minimum absolute atomic E-state index is 0.499. The SMILES string of the molecule is Cc1ccn(-c2cc(N3CCN(Cc4cccc(C(F)(F)F)c4)CC3)ncn2)n1. The maximum atomic E-state index is 12.9. The van der Waals surface area contributed by atoms with Crippen LogP contribution in [0.4, 0.5) is 19.0 Å². The number of aryl methyl sites for hydroxylation is 1. The van der Waals surface area contributed by atoms with E-state index in [1.165, 1.54) is 18.5 Å². The maximum absolute atomic E-state index is 12.9. The Balaban J connectivity index is 1.39. The molecule has 3 heterocycles. The van der Waals surface area contributed by atoms with Gasteiger partial charge in [-0.3, -0.25) is 4.90 Å². The Bertz CT molecular complexity index is 976. The Morgan fingerprint density at radius 3 is 2.41 bits per heavy atom. The van der Waals surface area contributed by atoms with Crippen LogP contribution in [0.3, 0.4) is 0 Å². The van der Waals surface area contributed by atoms with E-state index in [9.17, 15) is 13.2 Å². The van der Waals surface area contributed by atoms with Gasteiger partial charge in [-0.2, -0.15) is 18.3 Å². The molecule has 152 valence electrons. The van der Waals surface area contributed by atoms with Crippen LogP contribution in [-0.2, 0) is 12.7 Å². The maximum Gasteiger partial charge on any atom is 0.416 e. The monoisotopic (exact) mass is 402 g/mol. The van der Waals surface area contributed by atoms with E-state index >= 15 is 0 Å². The second-order valence-electron chi connectivity index (χ2n) is 7.10. The van der Waals surface area contributed by atoms with E-state index in [-0.39, 0.29) is 0 Å². The zero-order valence-electron chi connectivity index (χ0n) is 16.0. The summed E-state index contributed by atoms with van der Waals surface area (Å²) in [5, 5.41) is 4.37. The third kappa shape index (κ3) is 4.56. The lowest BCUT2D eigenvalue weighted by molar-refractivity contribution is -0.137. The van der Waals surface area contributed by atoms with Gasteiger partial charge >= 0.3 is 6.18 Å². The number of benzene rings is 1. The van der Waals surface area contributed by atoms with Crippen LogP contribution in [-0.4, -0.2) is 50.8 Å². The molecule has 4 rings (SSSR count). The number of aromatic nitrogens is 4. The van der Waals surface area contributed by atoms with Crippen LogP contribution in [0.25, 0.3) is 5.82 Å². The number of halogens is 3. The topological polar surface area (TPSA) is 50.1 Å². The van der Waals surface area contributed by atoms with Crippen molar-refractivity contribution in [3.05, 3.63) is 65.7 Å². The fraction of sp³-hybridized carbons (Fsp3) is 0.350. The van der Waals surface area contributed by atoms with E-state index in [1.807, 2.05) is 25.3 Å². The van der Waals surface area contributed by atoms with Crippen molar-refractivity contribution in [2.45, 2.75) is 19.6 Å². The molecule has 0 bridgehead atoms. The van der Waals surface area contributed by atoms with Crippen molar-refractivity contribution in [1.82, 2.24) is 24.6 Å². The highest BCUT2D eigenvalue weighted by Crippen LogP contribution is 2.30. The van der Waals surface area contributed by atoms with Crippen LogP contribution in [0, 0.1) is 6.92 Å². The van der Waals surface area contributed by atoms with Gasteiger partial charge in [0.05, 0.1) is 11.3 Å². The Labute approximate surface area is 166 Å². The molecular weight excluding hydrogens is 381 g/mol. The molecule has 0 unspecified atom stereocenters. The van der Waals surface area contributed by atoms with Crippen molar-refractivity contribution < 1.29 is 13.2 Å². The third-order valence-corrected chi connectivity index (χ3v) is 4.95. The van der Waals surface area contributed by atoms with Crippen molar-refractivity contribution in [2.24, 2.45) is 0 Å². The van der Waals surface area contributed by atoms with E-state index in [1.54, 1.807) is 10.7 Å². The Kier molecular flexibility index (Phi) is 5.23. The minimum atomic E-state index is -4.31. The first-order valence-electron chi connectivity index (χ1n) is 9.36. The molecule has 0 N–H and O–H groups in total. The molecule has 29 heavy (non-hydrogen) atoms. The normalized spacial score (nSPS) is 15.7. The summed E-state index contributed by atoms with van der Waals surface area (Å²) >= 11 is 0. The molecule has 1 aromatic carbocycles. The Morgan fingerprint density at radius 2 is 1.72 bits per heavy atom. The van der Waals surface area contributed by atoms with E-state index in [0.29, 0.717) is 17.9 Å². The smallest absolute Gasteiger partial charge is 0.354 e. The van der Waals surface area contributed by atoms with Gasteiger partial charge in [-0.1, -0.05) is 18.2 Å². The van der Waals surface area contributed by atoms with Gasteiger partial charge in [0, 0.05) is 45.0 Å². The van der Waals surface area contributed by atoms with Gasteiger partial charge in [0.25, 0.3) is 0 Å². The highest BCUT2D eigenvalue weighted by molar-refractivity contribution is 5.43. The molecule has 1 aliphatic heterocycles. The number of hydrogen-bond acceptors (Lipinski definition) is 5. The molecule has 1 fully saturated rings. The van der Waals surface area contributed by atoms with Gasteiger partial charge in [-0.05, 0) is 24.6 Å². The summed E-state index contributed by atoms with van der Waals surface area (Å²) in [4.78, 5) is 13.0. The van der Waals surface area contributed by atoms with Crippen LogP contribution >= 0.6 is 0 Å². The molecule has 0 radical (unpaired) electrons. The summed E-state index contributed by atoms with van der Waals surface area (Å²) in [6.45, 7) is 5.40. The van der Waals surface area contributed by atoms with Crippen molar-refractivity contribution in [3.63, 3.8) is 0 Å². The molecule has 3 aromatic rings. The molecule has 0 spiro atoms. The molecule has 0 atom stereocenters. The van der Waals surface area contributed by atoms with Gasteiger partial charge < -0.3 is 4.90 Å². The quantitative estimate of drug-likeness (QED) is 0.670. The van der Waals surface area contributed by atoms with Gasteiger partial charge in [0.15, 0.2) is 5.82 Å². The van der Waals surface area contributed by atoms with Crippen molar-refractivity contribution in [1.29, 1.82) is 0 Å². The average Bonchev–Trinajstić information content (AvgIpc) is 3.15. The molecule has 0 saturated carbocycles. The molecule has 0 amide bonds. The minimum Gasteiger partial charge on any atom is -0.354 e.